The molecule has 0 aromatic heterocycles. The lowest BCUT2D eigenvalue weighted by molar-refractivity contribution is 0.200. The SMILES string of the molecule is O=S(=O)(c1ccccc1)N1Cc2ccccc2C2CCCCC21. The lowest BCUT2D eigenvalue weighted by Crippen LogP contribution is -2.47. The first-order chi connectivity index (χ1) is 11.2. The summed E-state index contributed by atoms with van der Waals surface area (Å²) in [5.41, 5.74) is 2.52. The highest BCUT2D eigenvalue weighted by atomic mass is 32.2. The van der Waals surface area contributed by atoms with Gasteiger partial charge in [0.05, 0.1) is 4.90 Å². The van der Waals surface area contributed by atoms with Gasteiger partial charge in [0, 0.05) is 18.5 Å². The second-order valence-electron chi connectivity index (χ2n) is 6.52. The smallest absolute Gasteiger partial charge is 0.207 e. The van der Waals surface area contributed by atoms with Crippen molar-refractivity contribution < 1.29 is 8.42 Å². The Morgan fingerprint density at radius 1 is 0.870 bits per heavy atom. The van der Waals surface area contributed by atoms with Crippen LogP contribution >= 0.6 is 0 Å². The maximum Gasteiger partial charge on any atom is 0.243 e. The molecule has 2 aromatic rings. The molecule has 1 saturated carbocycles. The molecule has 2 aromatic carbocycles. The number of benzene rings is 2. The molecule has 1 aliphatic heterocycles. The molecular weight excluding hydrogens is 306 g/mol. The lowest BCUT2D eigenvalue weighted by Gasteiger charge is -2.44. The van der Waals surface area contributed by atoms with Gasteiger partial charge in [-0.3, -0.25) is 0 Å². The van der Waals surface area contributed by atoms with Crippen LogP contribution in [0.25, 0.3) is 0 Å². The second kappa shape index (κ2) is 5.77. The highest BCUT2D eigenvalue weighted by Gasteiger charge is 2.42. The Balaban J connectivity index is 1.80. The molecule has 1 heterocycles. The van der Waals surface area contributed by atoms with Crippen LogP contribution in [0.1, 0.15) is 42.7 Å². The maximum atomic E-state index is 13.2. The Kier molecular flexibility index (Phi) is 3.74. The van der Waals surface area contributed by atoms with Crippen LogP contribution in [0.4, 0.5) is 0 Å². The van der Waals surface area contributed by atoms with E-state index in [1.165, 1.54) is 12.0 Å². The zero-order valence-corrected chi connectivity index (χ0v) is 13.9. The zero-order chi connectivity index (χ0) is 15.9. The van der Waals surface area contributed by atoms with Gasteiger partial charge in [0.2, 0.25) is 10.0 Å². The van der Waals surface area contributed by atoms with E-state index in [0.29, 0.717) is 17.4 Å². The summed E-state index contributed by atoms with van der Waals surface area (Å²) in [5, 5.41) is 0. The first-order valence-electron chi connectivity index (χ1n) is 8.32. The van der Waals surface area contributed by atoms with Crippen LogP contribution < -0.4 is 0 Å². The molecule has 2 aliphatic rings. The van der Waals surface area contributed by atoms with Gasteiger partial charge in [0.15, 0.2) is 0 Å². The van der Waals surface area contributed by atoms with Gasteiger partial charge < -0.3 is 0 Å². The van der Waals surface area contributed by atoms with Crippen molar-refractivity contribution in [2.75, 3.05) is 0 Å². The first kappa shape index (κ1) is 14.9. The largest absolute Gasteiger partial charge is 0.243 e. The minimum atomic E-state index is -3.44. The molecule has 1 aliphatic carbocycles. The van der Waals surface area contributed by atoms with Crippen molar-refractivity contribution in [3.63, 3.8) is 0 Å². The number of nitrogens with zero attached hydrogens (tertiary/aromatic N) is 1. The number of rotatable bonds is 2. The third-order valence-corrected chi connectivity index (χ3v) is 7.12. The molecule has 120 valence electrons. The summed E-state index contributed by atoms with van der Waals surface area (Å²) < 4.78 is 28.1. The molecule has 4 heteroatoms. The summed E-state index contributed by atoms with van der Waals surface area (Å²) in [6, 6.07) is 17.3. The Morgan fingerprint density at radius 2 is 1.57 bits per heavy atom. The van der Waals surface area contributed by atoms with Crippen molar-refractivity contribution in [2.45, 2.75) is 49.1 Å². The van der Waals surface area contributed by atoms with Gasteiger partial charge in [0.25, 0.3) is 0 Å². The second-order valence-corrected chi connectivity index (χ2v) is 8.41. The summed E-state index contributed by atoms with van der Waals surface area (Å²) in [7, 11) is -3.44. The van der Waals surface area contributed by atoms with E-state index in [1.807, 2.05) is 12.1 Å². The van der Waals surface area contributed by atoms with Crippen LogP contribution in [0.5, 0.6) is 0 Å². The molecule has 1 fully saturated rings. The van der Waals surface area contributed by atoms with Gasteiger partial charge in [-0.2, -0.15) is 4.31 Å². The summed E-state index contributed by atoms with van der Waals surface area (Å²) in [6.45, 7) is 0.495. The minimum absolute atomic E-state index is 0.101. The average molecular weight is 327 g/mol. The van der Waals surface area contributed by atoms with Crippen LogP contribution in [-0.4, -0.2) is 18.8 Å². The topological polar surface area (TPSA) is 37.4 Å². The summed E-state index contributed by atoms with van der Waals surface area (Å²) in [6.07, 6.45) is 4.35. The van der Waals surface area contributed by atoms with Crippen molar-refractivity contribution in [1.82, 2.24) is 4.31 Å². The number of hydrogen-bond donors (Lipinski definition) is 0. The van der Waals surface area contributed by atoms with Gasteiger partial charge in [-0.05, 0) is 36.1 Å². The zero-order valence-electron chi connectivity index (χ0n) is 13.1. The van der Waals surface area contributed by atoms with E-state index in [0.717, 1.165) is 24.8 Å². The van der Waals surface area contributed by atoms with Gasteiger partial charge in [0.1, 0.15) is 0 Å². The molecule has 0 spiro atoms. The van der Waals surface area contributed by atoms with Gasteiger partial charge in [-0.1, -0.05) is 55.3 Å². The molecule has 0 saturated heterocycles. The van der Waals surface area contributed by atoms with E-state index < -0.39 is 10.0 Å². The quantitative estimate of drug-likeness (QED) is 0.838. The monoisotopic (exact) mass is 327 g/mol. The molecule has 3 nitrogen and oxygen atoms in total. The fourth-order valence-corrected chi connectivity index (χ4v) is 5.82. The van der Waals surface area contributed by atoms with Crippen molar-refractivity contribution in [2.24, 2.45) is 0 Å². The normalized spacial score (nSPS) is 24.7. The van der Waals surface area contributed by atoms with Crippen LogP contribution in [-0.2, 0) is 16.6 Å². The Morgan fingerprint density at radius 3 is 2.39 bits per heavy atom. The molecule has 0 radical (unpaired) electrons. The molecule has 2 atom stereocenters. The maximum absolute atomic E-state index is 13.2. The Labute approximate surface area is 138 Å². The van der Waals surface area contributed by atoms with Crippen molar-refractivity contribution >= 4 is 10.0 Å². The Hall–Kier alpha value is -1.65. The average Bonchev–Trinajstić information content (AvgIpc) is 2.62. The fourth-order valence-electron chi connectivity index (χ4n) is 4.13. The highest BCUT2D eigenvalue weighted by molar-refractivity contribution is 7.89. The third kappa shape index (κ3) is 2.50. The number of sulfonamides is 1. The van der Waals surface area contributed by atoms with Crippen molar-refractivity contribution in [3.05, 3.63) is 65.7 Å². The molecule has 2 unspecified atom stereocenters. The molecule has 0 amide bonds. The minimum Gasteiger partial charge on any atom is -0.207 e. The van der Waals surface area contributed by atoms with Crippen molar-refractivity contribution in [3.8, 4) is 0 Å². The standard InChI is InChI=1S/C19H21NO2S/c21-23(22,16-9-2-1-3-10-16)20-14-15-8-4-5-11-17(15)18-12-6-7-13-19(18)20/h1-5,8-11,18-19H,6-7,12-14H2. The molecular formula is C19H21NO2S. The Bertz CT molecular complexity index is 801. The summed E-state index contributed by atoms with van der Waals surface area (Å²) in [5.74, 6) is 0.340. The van der Waals surface area contributed by atoms with Crippen LogP contribution in [0, 0.1) is 0 Å². The van der Waals surface area contributed by atoms with E-state index in [2.05, 4.69) is 18.2 Å². The van der Waals surface area contributed by atoms with E-state index in [-0.39, 0.29) is 6.04 Å². The first-order valence-corrected chi connectivity index (χ1v) is 9.76. The third-order valence-electron chi connectivity index (χ3n) is 5.23. The van der Waals surface area contributed by atoms with Crippen LogP contribution in [0.15, 0.2) is 59.5 Å². The van der Waals surface area contributed by atoms with Crippen molar-refractivity contribution in [1.29, 1.82) is 0 Å². The molecule has 0 N–H and O–H groups in total. The van der Waals surface area contributed by atoms with Crippen LogP contribution in [0.2, 0.25) is 0 Å². The fraction of sp³-hybridized carbons (Fsp3) is 0.368. The summed E-state index contributed by atoms with van der Waals surface area (Å²) in [4.78, 5) is 0.406. The van der Waals surface area contributed by atoms with E-state index in [9.17, 15) is 8.42 Å². The number of fused-ring (bicyclic) bond motifs is 3. The predicted molar refractivity (Wildman–Crippen MR) is 90.6 cm³/mol. The van der Waals surface area contributed by atoms with Crippen LogP contribution in [0.3, 0.4) is 0 Å². The van der Waals surface area contributed by atoms with E-state index >= 15 is 0 Å². The van der Waals surface area contributed by atoms with Gasteiger partial charge in [-0.25, -0.2) is 8.42 Å². The number of hydrogen-bond acceptors (Lipinski definition) is 2. The summed E-state index contributed by atoms with van der Waals surface area (Å²) >= 11 is 0. The highest BCUT2D eigenvalue weighted by Crippen LogP contribution is 2.43. The lowest BCUT2D eigenvalue weighted by atomic mass is 9.76. The van der Waals surface area contributed by atoms with E-state index in [1.54, 1.807) is 28.6 Å². The molecule has 0 bridgehead atoms. The predicted octanol–water partition coefficient (Wildman–Crippen LogP) is 3.92. The van der Waals surface area contributed by atoms with Gasteiger partial charge >= 0.3 is 0 Å². The molecule has 23 heavy (non-hydrogen) atoms. The molecule has 4 rings (SSSR count). The van der Waals surface area contributed by atoms with Gasteiger partial charge in [-0.15, -0.1) is 0 Å². The van der Waals surface area contributed by atoms with E-state index in [4.69, 9.17) is 0 Å².